The van der Waals surface area contributed by atoms with E-state index in [0.717, 1.165) is 54.4 Å². The Balaban J connectivity index is 1.42. The number of alkyl carbamates (subject to hydrolysis) is 1. The summed E-state index contributed by atoms with van der Waals surface area (Å²) in [6.45, 7) is 3.43. The molecule has 2 amide bonds. The molecule has 186 valence electrons. The van der Waals surface area contributed by atoms with Gasteiger partial charge in [0.1, 0.15) is 12.6 Å². The fourth-order valence-electron chi connectivity index (χ4n) is 5.45. The second-order valence-electron chi connectivity index (χ2n) is 9.56. The fraction of sp³-hybridized carbons (Fsp3) is 0.464. The predicted molar refractivity (Wildman–Crippen MR) is 133 cm³/mol. The Morgan fingerprint density at radius 3 is 2.34 bits per heavy atom. The molecule has 1 fully saturated rings. The molecule has 2 N–H and O–H groups in total. The van der Waals surface area contributed by atoms with Crippen LogP contribution in [-0.2, 0) is 14.3 Å². The smallest absolute Gasteiger partial charge is 0.407 e. The van der Waals surface area contributed by atoms with Crippen LogP contribution in [0.5, 0.6) is 0 Å². The van der Waals surface area contributed by atoms with Crippen molar-refractivity contribution in [3.05, 3.63) is 59.7 Å². The number of fused-ring (bicyclic) bond motifs is 3. The van der Waals surface area contributed by atoms with E-state index in [9.17, 15) is 19.5 Å². The minimum atomic E-state index is -1.15. The minimum absolute atomic E-state index is 0.107. The molecule has 0 aromatic heterocycles. The summed E-state index contributed by atoms with van der Waals surface area (Å²) in [4.78, 5) is 39.2. The molecule has 1 aliphatic heterocycles. The number of rotatable bonds is 8. The number of aliphatic carboxylic acids is 1. The van der Waals surface area contributed by atoms with Gasteiger partial charge >= 0.3 is 12.1 Å². The summed E-state index contributed by atoms with van der Waals surface area (Å²) in [5.41, 5.74) is 4.43. The molecule has 0 radical (unpaired) electrons. The van der Waals surface area contributed by atoms with E-state index in [1.165, 1.54) is 0 Å². The summed E-state index contributed by atoms with van der Waals surface area (Å²) in [7, 11) is 0. The van der Waals surface area contributed by atoms with Gasteiger partial charge in [-0.2, -0.15) is 0 Å². The zero-order valence-corrected chi connectivity index (χ0v) is 20.2. The number of carbonyl (C=O) groups is 3. The highest BCUT2D eigenvalue weighted by molar-refractivity contribution is 5.89. The maximum atomic E-state index is 13.3. The van der Waals surface area contributed by atoms with E-state index in [2.05, 4.69) is 24.4 Å². The van der Waals surface area contributed by atoms with Gasteiger partial charge in [-0.25, -0.2) is 4.79 Å². The maximum Gasteiger partial charge on any atom is 0.407 e. The maximum absolute atomic E-state index is 13.3. The first-order valence-electron chi connectivity index (χ1n) is 12.6. The van der Waals surface area contributed by atoms with Crippen molar-refractivity contribution >= 4 is 18.0 Å². The number of hydrogen-bond donors (Lipinski definition) is 2. The monoisotopic (exact) mass is 478 g/mol. The average Bonchev–Trinajstić information content (AvgIpc) is 2.98. The molecular weight excluding hydrogens is 444 g/mol. The number of benzene rings is 2. The molecule has 7 nitrogen and oxygen atoms in total. The molecule has 2 aliphatic rings. The lowest BCUT2D eigenvalue weighted by Crippen LogP contribution is -2.50. The number of carboxylic acids is 1. The normalized spacial score (nSPS) is 18.2. The van der Waals surface area contributed by atoms with Crippen LogP contribution < -0.4 is 5.32 Å². The first-order chi connectivity index (χ1) is 17.0. The molecule has 0 bridgehead atoms. The number of carbonyl (C=O) groups excluding carboxylic acids is 2. The summed E-state index contributed by atoms with van der Waals surface area (Å²) in [6.07, 6.45) is 3.84. The van der Waals surface area contributed by atoms with Crippen LogP contribution in [0.1, 0.15) is 62.5 Å². The molecular formula is C28H34N2O5. The topological polar surface area (TPSA) is 95.9 Å². The number of hydrogen-bond acceptors (Lipinski definition) is 4. The highest BCUT2D eigenvalue weighted by atomic mass is 16.5. The Kier molecular flexibility index (Phi) is 8.06. The highest BCUT2D eigenvalue weighted by Gasteiger charge is 2.32. The Hall–Kier alpha value is -3.35. The van der Waals surface area contributed by atoms with Gasteiger partial charge in [0.05, 0.1) is 6.42 Å². The third kappa shape index (κ3) is 5.84. The van der Waals surface area contributed by atoms with Gasteiger partial charge in [0, 0.05) is 19.0 Å². The summed E-state index contributed by atoms with van der Waals surface area (Å²) >= 11 is 0. The molecule has 0 saturated carbocycles. The Labute approximate surface area is 206 Å². The van der Waals surface area contributed by atoms with E-state index in [-0.39, 0.29) is 18.4 Å². The molecule has 2 aromatic carbocycles. The lowest BCUT2D eigenvalue weighted by atomic mass is 9.98. The molecule has 1 saturated heterocycles. The van der Waals surface area contributed by atoms with Gasteiger partial charge in [-0.3, -0.25) is 9.59 Å². The largest absolute Gasteiger partial charge is 0.481 e. The fourth-order valence-corrected chi connectivity index (χ4v) is 5.45. The number of nitrogens with zero attached hydrogens (tertiary/aromatic N) is 1. The summed E-state index contributed by atoms with van der Waals surface area (Å²) in [5, 5.41) is 11.9. The second-order valence-corrected chi connectivity index (χ2v) is 9.56. The molecule has 2 atom stereocenters. The highest BCUT2D eigenvalue weighted by Crippen LogP contribution is 2.44. The molecule has 1 heterocycles. The van der Waals surface area contributed by atoms with Gasteiger partial charge in [-0.15, -0.1) is 0 Å². The molecule has 0 spiro atoms. The van der Waals surface area contributed by atoms with Gasteiger partial charge in [-0.1, -0.05) is 68.3 Å². The van der Waals surface area contributed by atoms with Gasteiger partial charge in [0.25, 0.3) is 0 Å². The van der Waals surface area contributed by atoms with E-state index >= 15 is 0 Å². The first-order valence-corrected chi connectivity index (χ1v) is 12.6. The van der Waals surface area contributed by atoms with Crippen molar-refractivity contribution < 1.29 is 24.2 Å². The van der Waals surface area contributed by atoms with E-state index < -0.39 is 24.5 Å². The Morgan fingerprint density at radius 2 is 1.71 bits per heavy atom. The van der Waals surface area contributed by atoms with Gasteiger partial charge in [0.15, 0.2) is 0 Å². The van der Waals surface area contributed by atoms with Crippen molar-refractivity contribution in [3.8, 4) is 11.1 Å². The summed E-state index contributed by atoms with van der Waals surface area (Å²) < 4.78 is 5.56. The van der Waals surface area contributed by atoms with Crippen LogP contribution in [0.4, 0.5) is 4.79 Å². The third-order valence-corrected chi connectivity index (χ3v) is 7.09. The number of amides is 2. The average molecular weight is 479 g/mol. The van der Waals surface area contributed by atoms with Crippen LogP contribution in [0.25, 0.3) is 11.1 Å². The van der Waals surface area contributed by atoms with Crippen molar-refractivity contribution in [3.63, 3.8) is 0 Å². The van der Waals surface area contributed by atoms with Crippen molar-refractivity contribution in [2.45, 2.75) is 57.4 Å². The van der Waals surface area contributed by atoms with Crippen LogP contribution >= 0.6 is 0 Å². The quantitative estimate of drug-likeness (QED) is 0.568. The lowest BCUT2D eigenvalue weighted by molar-refractivity contribution is -0.142. The molecule has 35 heavy (non-hydrogen) atoms. The van der Waals surface area contributed by atoms with Crippen molar-refractivity contribution in [1.29, 1.82) is 0 Å². The van der Waals surface area contributed by atoms with E-state index in [1.54, 1.807) is 4.90 Å². The number of nitrogens with one attached hydrogen (secondary N) is 1. The number of ether oxygens (including phenoxy) is 1. The molecule has 1 aliphatic carbocycles. The van der Waals surface area contributed by atoms with E-state index in [4.69, 9.17) is 4.74 Å². The first kappa shape index (κ1) is 24.8. The Bertz CT molecular complexity index is 1020. The van der Waals surface area contributed by atoms with Gasteiger partial charge < -0.3 is 20.1 Å². The van der Waals surface area contributed by atoms with Gasteiger partial charge in [0.2, 0.25) is 5.91 Å². The molecule has 2 aromatic rings. The zero-order chi connectivity index (χ0) is 24.8. The summed E-state index contributed by atoms with van der Waals surface area (Å²) in [6, 6.07) is 14.9. The van der Waals surface area contributed by atoms with Crippen LogP contribution in [0.15, 0.2) is 48.5 Å². The summed E-state index contributed by atoms with van der Waals surface area (Å²) in [5.74, 6) is -1.18. The molecule has 2 unspecified atom stereocenters. The van der Waals surface area contributed by atoms with Crippen molar-refractivity contribution in [1.82, 2.24) is 10.2 Å². The molecule has 7 heteroatoms. The van der Waals surface area contributed by atoms with Crippen molar-refractivity contribution in [2.24, 2.45) is 5.92 Å². The number of carboxylic acid groups (broad SMARTS) is 1. The second kappa shape index (κ2) is 11.4. The molecule has 4 rings (SSSR count). The van der Waals surface area contributed by atoms with Crippen LogP contribution in [0.2, 0.25) is 0 Å². The predicted octanol–water partition coefficient (Wildman–Crippen LogP) is 4.80. The SMILES string of the molecule is CCCC1CCCCN(C(=O)C(CC(=O)O)NC(=O)OCC2c3ccccc3-c3ccccc32)C1. The number of likely N-dealkylation sites (tertiary alicyclic amines) is 1. The lowest BCUT2D eigenvalue weighted by Gasteiger charge is -2.28. The van der Waals surface area contributed by atoms with Crippen LogP contribution in [0.3, 0.4) is 0 Å². The van der Waals surface area contributed by atoms with E-state index in [0.29, 0.717) is 19.0 Å². The van der Waals surface area contributed by atoms with Crippen LogP contribution in [-0.4, -0.2) is 53.7 Å². The zero-order valence-electron chi connectivity index (χ0n) is 20.2. The third-order valence-electron chi connectivity index (χ3n) is 7.09. The van der Waals surface area contributed by atoms with Crippen molar-refractivity contribution in [2.75, 3.05) is 19.7 Å². The standard InChI is InChI=1S/C28H34N2O5/c1-2-9-19-10-7-8-15-30(17-19)27(33)25(16-26(31)32)29-28(34)35-18-24-22-13-5-3-11-20(22)21-12-4-6-14-23(21)24/h3-6,11-14,19,24-25H,2,7-10,15-18H2,1H3,(H,29,34)(H,31,32). The Morgan fingerprint density at radius 1 is 1.06 bits per heavy atom. The van der Waals surface area contributed by atoms with Crippen LogP contribution in [0, 0.1) is 5.92 Å². The van der Waals surface area contributed by atoms with Gasteiger partial charge in [-0.05, 0) is 47.4 Å². The van der Waals surface area contributed by atoms with E-state index in [1.807, 2.05) is 36.4 Å². The minimum Gasteiger partial charge on any atom is -0.481 e.